The number of halogens is 7. The van der Waals surface area contributed by atoms with Crippen molar-refractivity contribution < 1.29 is 35.5 Å². The summed E-state index contributed by atoms with van der Waals surface area (Å²) in [6.07, 6.45) is -3.90. The Morgan fingerprint density at radius 2 is 1.90 bits per heavy atom. The van der Waals surface area contributed by atoms with E-state index >= 15 is 0 Å². The van der Waals surface area contributed by atoms with Crippen LogP contribution >= 0.6 is 0 Å². The van der Waals surface area contributed by atoms with Crippen LogP contribution in [0.5, 0.6) is 5.75 Å². The number of aromatic nitrogens is 1. The summed E-state index contributed by atoms with van der Waals surface area (Å²) in [6.45, 7) is -1.31. The van der Waals surface area contributed by atoms with E-state index in [-0.39, 0.29) is 23.8 Å². The third-order valence-electron chi connectivity index (χ3n) is 7.39. The third kappa shape index (κ3) is 5.96. The zero-order valence-corrected chi connectivity index (χ0v) is 21.2. The number of ether oxygens (including phenoxy) is 1. The van der Waals surface area contributed by atoms with Crippen LogP contribution in [0.25, 0.3) is 10.9 Å². The van der Waals surface area contributed by atoms with Crippen LogP contribution in [-0.4, -0.2) is 72.5 Å². The zero-order chi connectivity index (χ0) is 27.9. The van der Waals surface area contributed by atoms with E-state index in [9.17, 15) is 30.7 Å². The van der Waals surface area contributed by atoms with E-state index in [1.165, 1.54) is 35.2 Å². The molecule has 2 aromatic carbocycles. The maximum atomic E-state index is 14.1. The van der Waals surface area contributed by atoms with Crippen LogP contribution in [0.4, 0.5) is 36.4 Å². The van der Waals surface area contributed by atoms with Crippen molar-refractivity contribution in [2.45, 2.75) is 50.7 Å². The summed E-state index contributed by atoms with van der Waals surface area (Å²) >= 11 is 0. The molecule has 2 aliphatic rings. The van der Waals surface area contributed by atoms with E-state index in [1.807, 2.05) is 0 Å². The van der Waals surface area contributed by atoms with Crippen LogP contribution in [0, 0.1) is 5.82 Å². The minimum absolute atomic E-state index is 0.0153. The summed E-state index contributed by atoms with van der Waals surface area (Å²) < 4.78 is 99.6. The monoisotopic (exact) mass is 558 g/mol. The van der Waals surface area contributed by atoms with E-state index < -0.39 is 43.9 Å². The van der Waals surface area contributed by atoms with Crippen molar-refractivity contribution in [2.75, 3.05) is 38.2 Å². The Balaban J connectivity index is 1.53. The highest BCUT2D eigenvalue weighted by atomic mass is 19.4. The number of alkyl halides is 6. The van der Waals surface area contributed by atoms with Gasteiger partial charge in [-0.1, -0.05) is 6.07 Å². The smallest absolute Gasteiger partial charge is 0.401 e. The van der Waals surface area contributed by atoms with Gasteiger partial charge in [0.1, 0.15) is 11.6 Å². The number of benzene rings is 2. The molecular formula is C27H29F7N4O. The predicted octanol–water partition coefficient (Wildman–Crippen LogP) is 6.26. The van der Waals surface area contributed by atoms with Crippen molar-refractivity contribution in [2.24, 2.45) is 0 Å². The van der Waals surface area contributed by atoms with Gasteiger partial charge in [-0.15, -0.1) is 0 Å². The largest absolute Gasteiger partial charge is 0.434 e. The summed E-state index contributed by atoms with van der Waals surface area (Å²) in [6, 6.07) is 6.89. The number of likely N-dealkylation sites (tertiary alicyclic amines) is 1. The van der Waals surface area contributed by atoms with Gasteiger partial charge in [-0.2, -0.15) is 22.0 Å². The fraction of sp³-hybridized carbons (Fsp3) is 0.481. The summed E-state index contributed by atoms with van der Waals surface area (Å²) in [4.78, 5) is 6.40. The van der Waals surface area contributed by atoms with Crippen molar-refractivity contribution in [3.05, 3.63) is 59.0 Å². The molecule has 39 heavy (non-hydrogen) atoms. The van der Waals surface area contributed by atoms with Crippen molar-refractivity contribution in [1.29, 1.82) is 0 Å². The van der Waals surface area contributed by atoms with Crippen LogP contribution < -0.4 is 10.1 Å². The second kappa shape index (κ2) is 10.9. The van der Waals surface area contributed by atoms with Crippen molar-refractivity contribution >= 4 is 16.6 Å². The second-order valence-corrected chi connectivity index (χ2v) is 10.2. The average Bonchev–Trinajstić information content (AvgIpc) is 3.17. The van der Waals surface area contributed by atoms with Gasteiger partial charge in [0.2, 0.25) is 0 Å². The summed E-state index contributed by atoms with van der Waals surface area (Å²) in [5.74, 6) is -0.728. The molecule has 2 N–H and O–H groups in total. The molecule has 5 rings (SSSR count). The molecule has 3 heterocycles. The molecule has 0 aliphatic carbocycles. The predicted molar refractivity (Wildman–Crippen MR) is 134 cm³/mol. The lowest BCUT2D eigenvalue weighted by atomic mass is 9.88. The fourth-order valence-electron chi connectivity index (χ4n) is 5.73. The number of hydrogen-bond donors (Lipinski definition) is 2. The van der Waals surface area contributed by atoms with Gasteiger partial charge in [-0.25, -0.2) is 4.39 Å². The SMILES string of the molecule is C[C@@H]1Cc2c([nH]c3ccc(F)cc23)C(c2ccc(NC3CN(CCCF)C3)cc2OC(F)F)N1CC(F)(F)F. The first-order valence-electron chi connectivity index (χ1n) is 12.8. The maximum Gasteiger partial charge on any atom is 0.401 e. The number of fused-ring (bicyclic) bond motifs is 3. The van der Waals surface area contributed by atoms with Gasteiger partial charge in [-0.05, 0) is 49.6 Å². The van der Waals surface area contributed by atoms with Gasteiger partial charge in [0.25, 0.3) is 0 Å². The standard InChI is InChI=1S/C27H29F7N4O/c1-15-9-21-20-10-16(29)3-6-22(20)36-24(21)25(38(15)14-27(32,33)34)19-5-4-17(11-23(19)39-26(30)31)35-18-12-37(13-18)8-2-7-28/h3-6,10-11,15,18,25-26,35-36H,2,7-9,12-14H2,1H3/t15-,25?/m1/s1. The Morgan fingerprint density at radius 3 is 2.59 bits per heavy atom. The van der Waals surface area contributed by atoms with Gasteiger partial charge >= 0.3 is 12.8 Å². The van der Waals surface area contributed by atoms with Gasteiger partial charge in [-0.3, -0.25) is 14.2 Å². The van der Waals surface area contributed by atoms with E-state index in [0.29, 0.717) is 53.9 Å². The quantitative estimate of drug-likeness (QED) is 0.304. The lowest BCUT2D eigenvalue weighted by Gasteiger charge is -2.42. The van der Waals surface area contributed by atoms with Gasteiger partial charge in [0, 0.05) is 59.6 Å². The molecule has 0 amide bonds. The zero-order valence-electron chi connectivity index (χ0n) is 21.2. The highest BCUT2D eigenvalue weighted by Gasteiger charge is 2.43. The Kier molecular flexibility index (Phi) is 7.69. The molecule has 0 radical (unpaired) electrons. The van der Waals surface area contributed by atoms with Crippen molar-refractivity contribution in [3.8, 4) is 5.75 Å². The molecule has 2 aliphatic heterocycles. The number of anilines is 1. The number of nitrogens with zero attached hydrogens (tertiary/aromatic N) is 2. The topological polar surface area (TPSA) is 43.5 Å². The molecule has 3 aromatic rings. The molecule has 0 bridgehead atoms. The number of H-pyrrole nitrogens is 1. The molecule has 1 unspecified atom stereocenters. The van der Waals surface area contributed by atoms with E-state index in [4.69, 9.17) is 4.74 Å². The molecule has 1 aromatic heterocycles. The fourth-order valence-corrected chi connectivity index (χ4v) is 5.73. The Morgan fingerprint density at radius 1 is 1.13 bits per heavy atom. The molecule has 0 saturated carbocycles. The highest BCUT2D eigenvalue weighted by molar-refractivity contribution is 5.85. The number of nitrogens with one attached hydrogen (secondary N) is 2. The first-order valence-corrected chi connectivity index (χ1v) is 12.8. The van der Waals surface area contributed by atoms with Crippen LogP contribution in [-0.2, 0) is 6.42 Å². The highest BCUT2D eigenvalue weighted by Crippen LogP contribution is 2.45. The van der Waals surface area contributed by atoms with Crippen LogP contribution in [0.1, 0.15) is 36.2 Å². The molecule has 1 saturated heterocycles. The third-order valence-corrected chi connectivity index (χ3v) is 7.39. The van der Waals surface area contributed by atoms with Gasteiger partial charge in [0.05, 0.1) is 25.3 Å². The minimum Gasteiger partial charge on any atom is -0.434 e. The van der Waals surface area contributed by atoms with Crippen LogP contribution in [0.15, 0.2) is 36.4 Å². The Hall–Kier alpha value is -2.99. The van der Waals surface area contributed by atoms with Crippen molar-refractivity contribution in [1.82, 2.24) is 14.8 Å². The van der Waals surface area contributed by atoms with E-state index in [0.717, 1.165) is 0 Å². The Bertz CT molecular complexity index is 1310. The minimum atomic E-state index is -4.55. The first kappa shape index (κ1) is 27.6. The number of aromatic amines is 1. The molecule has 1 fully saturated rings. The first-order chi connectivity index (χ1) is 18.5. The molecular weight excluding hydrogens is 529 g/mol. The number of hydrogen-bond acceptors (Lipinski definition) is 4. The van der Waals surface area contributed by atoms with Gasteiger partial charge in [0.15, 0.2) is 0 Å². The maximum absolute atomic E-state index is 14.1. The number of rotatable bonds is 9. The summed E-state index contributed by atoms with van der Waals surface area (Å²) in [7, 11) is 0. The summed E-state index contributed by atoms with van der Waals surface area (Å²) in [5.41, 5.74) is 2.20. The molecule has 212 valence electrons. The van der Waals surface area contributed by atoms with Crippen LogP contribution in [0.3, 0.4) is 0 Å². The van der Waals surface area contributed by atoms with E-state index in [2.05, 4.69) is 15.2 Å². The van der Waals surface area contributed by atoms with E-state index in [1.54, 1.807) is 13.0 Å². The lowest BCUT2D eigenvalue weighted by Crippen LogP contribution is -2.54. The van der Waals surface area contributed by atoms with Crippen LogP contribution in [0.2, 0.25) is 0 Å². The molecule has 2 atom stereocenters. The summed E-state index contributed by atoms with van der Waals surface area (Å²) in [5, 5.41) is 3.78. The Labute approximate surface area is 220 Å². The van der Waals surface area contributed by atoms with Gasteiger partial charge < -0.3 is 15.0 Å². The molecule has 12 heteroatoms. The molecule has 0 spiro atoms. The lowest BCUT2D eigenvalue weighted by molar-refractivity contribution is -0.155. The average molecular weight is 559 g/mol. The normalized spacial score (nSPS) is 20.8. The second-order valence-electron chi connectivity index (χ2n) is 10.2. The molecule has 5 nitrogen and oxygen atoms in total. The van der Waals surface area contributed by atoms with Crippen molar-refractivity contribution in [3.63, 3.8) is 0 Å².